The molecule has 1 aliphatic carbocycles. The third kappa shape index (κ3) is 2.56. The Hall–Kier alpha value is -0.190. The van der Waals surface area contributed by atoms with E-state index in [-0.39, 0.29) is 5.54 Å². The molecule has 0 aromatic heterocycles. The predicted molar refractivity (Wildman–Crippen MR) is 83.9 cm³/mol. The van der Waals surface area contributed by atoms with Crippen LogP contribution in [-0.4, -0.2) is 16.5 Å². The van der Waals surface area contributed by atoms with Crippen molar-refractivity contribution in [1.82, 2.24) is 0 Å². The number of rotatable bonds is 1. The second-order valence-corrected chi connectivity index (χ2v) is 7.12. The minimum absolute atomic E-state index is 0.233. The quantitative estimate of drug-likeness (QED) is 0.780. The summed E-state index contributed by atoms with van der Waals surface area (Å²) in [6, 6.07) is 5.86. The van der Waals surface area contributed by atoms with Crippen molar-refractivity contribution < 1.29 is 0 Å². The van der Waals surface area contributed by atoms with Gasteiger partial charge in [0.25, 0.3) is 0 Å². The Balaban J connectivity index is 1.75. The summed E-state index contributed by atoms with van der Waals surface area (Å²) in [7, 11) is 0. The molecule has 3 rings (SSSR count). The molecule has 1 heterocycles. The lowest BCUT2D eigenvalue weighted by atomic mass is 10.0. The third-order valence-electron chi connectivity index (χ3n) is 3.52. The molecule has 1 aromatic rings. The van der Waals surface area contributed by atoms with Gasteiger partial charge in [0, 0.05) is 15.9 Å². The van der Waals surface area contributed by atoms with Crippen LogP contribution >= 0.6 is 39.3 Å². The molecule has 1 aromatic carbocycles. The lowest BCUT2D eigenvalue weighted by Gasteiger charge is -2.16. The first-order valence-electron chi connectivity index (χ1n) is 6.12. The van der Waals surface area contributed by atoms with E-state index in [4.69, 9.17) is 16.6 Å². The molecule has 2 nitrogen and oxygen atoms in total. The van der Waals surface area contributed by atoms with Gasteiger partial charge in [0.2, 0.25) is 0 Å². The summed E-state index contributed by atoms with van der Waals surface area (Å²) in [4.78, 5) is 4.89. The van der Waals surface area contributed by atoms with E-state index in [1.54, 1.807) is 0 Å². The summed E-state index contributed by atoms with van der Waals surface area (Å²) in [5.41, 5.74) is 1.27. The van der Waals surface area contributed by atoms with Crippen LogP contribution < -0.4 is 5.32 Å². The summed E-state index contributed by atoms with van der Waals surface area (Å²) in [5, 5.41) is 5.16. The van der Waals surface area contributed by atoms with E-state index >= 15 is 0 Å². The molecule has 1 spiro atoms. The SMILES string of the molecule is Clc1ccc(NC2=NC3(CCCC3)CS2)cc1Br. The Labute approximate surface area is 125 Å². The van der Waals surface area contributed by atoms with Gasteiger partial charge in [-0.15, -0.1) is 0 Å². The molecule has 0 amide bonds. The molecule has 1 fully saturated rings. The topological polar surface area (TPSA) is 24.4 Å². The van der Waals surface area contributed by atoms with Crippen LogP contribution in [0, 0.1) is 0 Å². The molecule has 0 unspecified atom stereocenters. The van der Waals surface area contributed by atoms with Gasteiger partial charge in [0.15, 0.2) is 5.17 Å². The number of anilines is 1. The maximum Gasteiger partial charge on any atom is 0.161 e. The number of benzene rings is 1. The fraction of sp³-hybridized carbons (Fsp3) is 0.462. The van der Waals surface area contributed by atoms with Gasteiger partial charge in [-0.1, -0.05) is 36.2 Å². The minimum atomic E-state index is 0.233. The molecular formula is C13H14BrClN2S. The van der Waals surface area contributed by atoms with E-state index < -0.39 is 0 Å². The zero-order valence-electron chi connectivity index (χ0n) is 9.88. The van der Waals surface area contributed by atoms with Crippen molar-refractivity contribution in [3.05, 3.63) is 27.7 Å². The number of nitrogens with one attached hydrogen (secondary N) is 1. The zero-order chi connectivity index (χ0) is 12.6. The van der Waals surface area contributed by atoms with E-state index in [2.05, 4.69) is 21.2 Å². The first-order valence-corrected chi connectivity index (χ1v) is 8.27. The maximum atomic E-state index is 5.99. The standard InChI is InChI=1S/C13H14BrClN2S/c14-10-7-9(3-4-11(10)15)16-12-17-13(8-18-12)5-1-2-6-13/h3-4,7H,1-2,5-6,8H2,(H,16,17). The molecule has 0 radical (unpaired) electrons. The van der Waals surface area contributed by atoms with E-state index in [0.29, 0.717) is 0 Å². The Morgan fingerprint density at radius 1 is 1.33 bits per heavy atom. The van der Waals surface area contributed by atoms with Gasteiger partial charge in [-0.3, -0.25) is 4.99 Å². The van der Waals surface area contributed by atoms with Crippen LogP contribution in [0.1, 0.15) is 25.7 Å². The Kier molecular flexibility index (Phi) is 3.61. The molecule has 18 heavy (non-hydrogen) atoms. The molecule has 5 heteroatoms. The normalized spacial score (nSPS) is 21.3. The van der Waals surface area contributed by atoms with Crippen molar-refractivity contribution in [3.63, 3.8) is 0 Å². The van der Waals surface area contributed by atoms with Crippen LogP contribution in [0.3, 0.4) is 0 Å². The van der Waals surface area contributed by atoms with Gasteiger partial charge >= 0.3 is 0 Å². The molecule has 0 atom stereocenters. The minimum Gasteiger partial charge on any atom is -0.335 e. The highest BCUT2D eigenvalue weighted by atomic mass is 79.9. The Morgan fingerprint density at radius 2 is 2.11 bits per heavy atom. The molecule has 2 aliphatic rings. The number of hydrogen-bond acceptors (Lipinski definition) is 3. The first kappa shape index (κ1) is 12.8. The highest BCUT2D eigenvalue weighted by Crippen LogP contribution is 2.41. The van der Waals surface area contributed by atoms with Crippen LogP contribution in [-0.2, 0) is 0 Å². The lowest BCUT2D eigenvalue weighted by molar-refractivity contribution is 0.508. The number of thioether (sulfide) groups is 1. The highest BCUT2D eigenvalue weighted by molar-refractivity contribution is 9.10. The van der Waals surface area contributed by atoms with Crippen LogP contribution in [0.4, 0.5) is 5.69 Å². The van der Waals surface area contributed by atoms with Crippen molar-refractivity contribution in [3.8, 4) is 0 Å². The Bertz CT molecular complexity index is 498. The number of hydrogen-bond donors (Lipinski definition) is 1. The van der Waals surface area contributed by atoms with Gasteiger partial charge in [-0.2, -0.15) is 0 Å². The van der Waals surface area contributed by atoms with Crippen molar-refractivity contribution in [1.29, 1.82) is 0 Å². The highest BCUT2D eigenvalue weighted by Gasteiger charge is 2.38. The zero-order valence-corrected chi connectivity index (χ0v) is 13.0. The molecular weight excluding hydrogens is 332 g/mol. The smallest absolute Gasteiger partial charge is 0.161 e. The molecule has 0 bridgehead atoms. The number of amidine groups is 1. The lowest BCUT2D eigenvalue weighted by Crippen LogP contribution is -2.21. The average molecular weight is 346 g/mol. The number of nitrogens with zero attached hydrogens (tertiary/aromatic N) is 1. The van der Waals surface area contributed by atoms with Crippen LogP contribution in [0.25, 0.3) is 0 Å². The van der Waals surface area contributed by atoms with Crippen molar-refractivity contribution in [2.24, 2.45) is 4.99 Å². The predicted octanol–water partition coefficient (Wildman–Crippen LogP) is 4.93. The summed E-state index contributed by atoms with van der Waals surface area (Å²) in [6.45, 7) is 0. The monoisotopic (exact) mass is 344 g/mol. The Morgan fingerprint density at radius 3 is 2.83 bits per heavy atom. The third-order valence-corrected chi connectivity index (χ3v) is 5.88. The van der Waals surface area contributed by atoms with Crippen LogP contribution in [0.5, 0.6) is 0 Å². The fourth-order valence-corrected chi connectivity index (χ4v) is 4.24. The summed E-state index contributed by atoms with van der Waals surface area (Å²) >= 11 is 11.3. The van der Waals surface area contributed by atoms with E-state index in [0.717, 1.165) is 26.1 Å². The van der Waals surface area contributed by atoms with Crippen molar-refractivity contribution >= 4 is 50.1 Å². The number of halogens is 2. The van der Waals surface area contributed by atoms with Crippen molar-refractivity contribution in [2.45, 2.75) is 31.2 Å². The van der Waals surface area contributed by atoms with Gasteiger partial charge in [-0.25, -0.2) is 0 Å². The molecule has 1 saturated carbocycles. The number of aliphatic imine (C=N–C) groups is 1. The van der Waals surface area contributed by atoms with Gasteiger partial charge in [0.05, 0.1) is 10.6 Å². The molecule has 1 N–H and O–H groups in total. The first-order chi connectivity index (χ1) is 8.67. The van der Waals surface area contributed by atoms with E-state index in [9.17, 15) is 0 Å². The average Bonchev–Trinajstić information content (AvgIpc) is 2.96. The maximum absolute atomic E-state index is 5.99. The second-order valence-electron chi connectivity index (χ2n) is 4.89. The second kappa shape index (κ2) is 5.06. The molecule has 1 aliphatic heterocycles. The van der Waals surface area contributed by atoms with Gasteiger partial charge in [-0.05, 0) is 47.0 Å². The van der Waals surface area contributed by atoms with E-state index in [1.807, 2.05) is 30.0 Å². The summed E-state index contributed by atoms with van der Waals surface area (Å²) < 4.78 is 0.911. The van der Waals surface area contributed by atoms with Gasteiger partial charge < -0.3 is 5.32 Å². The van der Waals surface area contributed by atoms with Crippen LogP contribution in [0.2, 0.25) is 5.02 Å². The van der Waals surface area contributed by atoms with E-state index in [1.165, 1.54) is 25.7 Å². The van der Waals surface area contributed by atoms with Gasteiger partial charge in [0.1, 0.15) is 0 Å². The summed E-state index contributed by atoms with van der Waals surface area (Å²) in [6.07, 6.45) is 5.14. The van der Waals surface area contributed by atoms with Crippen LogP contribution in [0.15, 0.2) is 27.7 Å². The van der Waals surface area contributed by atoms with Crippen molar-refractivity contribution in [2.75, 3.05) is 11.1 Å². The molecule has 96 valence electrons. The fourth-order valence-electron chi connectivity index (χ4n) is 2.53. The summed E-state index contributed by atoms with van der Waals surface area (Å²) in [5.74, 6) is 1.13. The largest absolute Gasteiger partial charge is 0.335 e. The molecule has 0 saturated heterocycles.